The topological polar surface area (TPSA) is 49.4 Å². The van der Waals surface area contributed by atoms with E-state index in [1.165, 1.54) is 0 Å². The Hall–Kier alpha value is -3.66. The molecular weight excluding hydrogens is 384 g/mol. The first-order valence-corrected chi connectivity index (χ1v) is 10.4. The molecule has 3 aromatic carbocycles. The molecule has 0 heterocycles. The lowest BCUT2D eigenvalue weighted by Gasteiger charge is -2.24. The van der Waals surface area contributed by atoms with Crippen LogP contribution in [0.4, 0.5) is 5.69 Å². The maximum atomic E-state index is 13.4. The highest BCUT2D eigenvalue weighted by Crippen LogP contribution is 2.22. The largest absolute Gasteiger partial charge is 0.352 e. The van der Waals surface area contributed by atoms with E-state index in [-0.39, 0.29) is 18.2 Å². The highest BCUT2D eigenvalue weighted by atomic mass is 16.2. The molecule has 0 aromatic heterocycles. The predicted octanol–water partition coefficient (Wildman–Crippen LogP) is 5.00. The van der Waals surface area contributed by atoms with Crippen LogP contribution in [-0.4, -0.2) is 18.4 Å². The third-order valence-corrected chi connectivity index (χ3v) is 5.02. The molecular formula is C27H28N2O2. The number of anilines is 1. The monoisotopic (exact) mass is 412 g/mol. The lowest BCUT2D eigenvalue weighted by atomic mass is 10.1. The summed E-state index contributed by atoms with van der Waals surface area (Å²) in [5, 5.41) is 2.78. The summed E-state index contributed by atoms with van der Waals surface area (Å²) >= 11 is 0. The number of carbonyl (C=O) groups is 2. The summed E-state index contributed by atoms with van der Waals surface area (Å²) in [6, 6.07) is 23.4. The maximum absolute atomic E-state index is 13.4. The Morgan fingerprint density at radius 3 is 2.26 bits per heavy atom. The number of amides is 2. The normalized spacial score (nSPS) is 10.4. The molecule has 1 N–H and O–H groups in total. The van der Waals surface area contributed by atoms with Gasteiger partial charge in [-0.15, -0.1) is 6.58 Å². The van der Waals surface area contributed by atoms with Crippen LogP contribution >= 0.6 is 0 Å². The van der Waals surface area contributed by atoms with E-state index in [4.69, 9.17) is 0 Å². The van der Waals surface area contributed by atoms with Crippen LogP contribution in [0.2, 0.25) is 0 Å². The van der Waals surface area contributed by atoms with Crippen molar-refractivity contribution in [3.8, 4) is 0 Å². The summed E-state index contributed by atoms with van der Waals surface area (Å²) in [5.74, 6) is -0.113. The zero-order valence-corrected chi connectivity index (χ0v) is 18.1. The molecule has 0 aliphatic rings. The number of nitrogens with zero attached hydrogens (tertiary/aromatic N) is 1. The quantitative estimate of drug-likeness (QED) is 0.530. The van der Waals surface area contributed by atoms with Crippen LogP contribution < -0.4 is 10.2 Å². The van der Waals surface area contributed by atoms with Gasteiger partial charge in [0, 0.05) is 17.8 Å². The third kappa shape index (κ3) is 6.16. The molecule has 0 aliphatic heterocycles. The molecule has 158 valence electrons. The van der Waals surface area contributed by atoms with Gasteiger partial charge in [-0.2, -0.15) is 0 Å². The van der Waals surface area contributed by atoms with E-state index in [2.05, 4.69) is 18.0 Å². The first-order valence-electron chi connectivity index (χ1n) is 10.4. The van der Waals surface area contributed by atoms with Crippen molar-refractivity contribution < 1.29 is 9.59 Å². The molecule has 0 saturated carbocycles. The third-order valence-electron chi connectivity index (χ3n) is 5.02. The maximum Gasteiger partial charge on any atom is 0.258 e. The molecule has 0 unspecified atom stereocenters. The second-order valence-corrected chi connectivity index (χ2v) is 7.68. The SMILES string of the molecule is C=CCNC(=O)Cc1ccc(N(Cc2cccc(C)c2)C(=O)c2ccc(C)cc2)cc1. The molecule has 0 fully saturated rings. The molecule has 0 aliphatic carbocycles. The van der Waals surface area contributed by atoms with Crippen molar-refractivity contribution in [2.75, 3.05) is 11.4 Å². The first kappa shape index (κ1) is 22.0. The van der Waals surface area contributed by atoms with E-state index in [1.54, 1.807) is 11.0 Å². The standard InChI is InChI=1S/C27H28N2O2/c1-4-16-28-26(30)18-22-10-14-25(15-11-22)29(19-23-7-5-6-21(3)17-23)27(31)24-12-8-20(2)9-13-24/h4-15,17H,1,16,18-19H2,2-3H3,(H,28,30). The van der Waals surface area contributed by atoms with Gasteiger partial charge < -0.3 is 10.2 Å². The van der Waals surface area contributed by atoms with Crippen LogP contribution in [-0.2, 0) is 17.8 Å². The highest BCUT2D eigenvalue weighted by Gasteiger charge is 2.18. The van der Waals surface area contributed by atoms with Crippen molar-refractivity contribution in [1.82, 2.24) is 5.32 Å². The summed E-state index contributed by atoms with van der Waals surface area (Å²) in [5.41, 5.74) is 5.66. The molecule has 4 nitrogen and oxygen atoms in total. The van der Waals surface area contributed by atoms with Crippen LogP contribution in [0.25, 0.3) is 0 Å². The Morgan fingerprint density at radius 1 is 0.903 bits per heavy atom. The van der Waals surface area contributed by atoms with Crippen molar-refractivity contribution in [2.24, 2.45) is 0 Å². The molecule has 3 aromatic rings. The van der Waals surface area contributed by atoms with Crippen molar-refractivity contribution in [3.05, 3.63) is 113 Å². The number of hydrogen-bond donors (Lipinski definition) is 1. The summed E-state index contributed by atoms with van der Waals surface area (Å²) < 4.78 is 0. The van der Waals surface area contributed by atoms with Gasteiger partial charge in [-0.3, -0.25) is 9.59 Å². The van der Waals surface area contributed by atoms with Gasteiger partial charge in [-0.05, 0) is 49.2 Å². The second kappa shape index (κ2) is 10.4. The summed E-state index contributed by atoms with van der Waals surface area (Å²) in [4.78, 5) is 27.1. The Bertz CT molecular complexity index is 1050. The van der Waals surface area contributed by atoms with Crippen molar-refractivity contribution in [3.63, 3.8) is 0 Å². The molecule has 0 radical (unpaired) electrons. The van der Waals surface area contributed by atoms with Gasteiger partial charge in [0.05, 0.1) is 13.0 Å². The zero-order valence-electron chi connectivity index (χ0n) is 18.1. The molecule has 0 spiro atoms. The smallest absolute Gasteiger partial charge is 0.258 e. The fourth-order valence-corrected chi connectivity index (χ4v) is 3.35. The van der Waals surface area contributed by atoms with Gasteiger partial charge in [-0.1, -0.05) is 65.7 Å². The molecule has 3 rings (SSSR count). The Kier molecular flexibility index (Phi) is 7.39. The average molecular weight is 413 g/mol. The fraction of sp³-hybridized carbons (Fsp3) is 0.185. The second-order valence-electron chi connectivity index (χ2n) is 7.68. The molecule has 0 atom stereocenters. The Labute approximate surface area is 184 Å². The number of carbonyl (C=O) groups excluding carboxylic acids is 2. The lowest BCUT2D eigenvalue weighted by molar-refractivity contribution is -0.120. The van der Waals surface area contributed by atoms with Gasteiger partial charge in [-0.25, -0.2) is 0 Å². The van der Waals surface area contributed by atoms with Crippen LogP contribution in [0.5, 0.6) is 0 Å². The Balaban J connectivity index is 1.86. The fourth-order valence-electron chi connectivity index (χ4n) is 3.35. The minimum absolute atomic E-state index is 0.0556. The first-order chi connectivity index (χ1) is 15.0. The molecule has 31 heavy (non-hydrogen) atoms. The molecule has 0 bridgehead atoms. The summed E-state index contributed by atoms with van der Waals surface area (Å²) in [6.45, 7) is 8.57. The van der Waals surface area contributed by atoms with Crippen LogP contribution in [0.3, 0.4) is 0 Å². The molecule has 0 saturated heterocycles. The van der Waals surface area contributed by atoms with Gasteiger partial charge >= 0.3 is 0 Å². The van der Waals surface area contributed by atoms with Crippen molar-refractivity contribution in [1.29, 1.82) is 0 Å². The van der Waals surface area contributed by atoms with Crippen molar-refractivity contribution >= 4 is 17.5 Å². The van der Waals surface area contributed by atoms with E-state index in [0.717, 1.165) is 27.9 Å². The van der Waals surface area contributed by atoms with Gasteiger partial charge in [0.15, 0.2) is 0 Å². The zero-order chi connectivity index (χ0) is 22.2. The molecule has 2 amide bonds. The summed E-state index contributed by atoms with van der Waals surface area (Å²) in [6.07, 6.45) is 1.94. The number of rotatable bonds is 8. The summed E-state index contributed by atoms with van der Waals surface area (Å²) in [7, 11) is 0. The van der Waals surface area contributed by atoms with E-state index in [9.17, 15) is 9.59 Å². The van der Waals surface area contributed by atoms with Crippen LogP contribution in [0, 0.1) is 13.8 Å². The number of aryl methyl sites for hydroxylation is 2. The van der Waals surface area contributed by atoms with Crippen LogP contribution in [0.15, 0.2) is 85.5 Å². The number of benzene rings is 3. The average Bonchev–Trinajstić information content (AvgIpc) is 2.77. The lowest BCUT2D eigenvalue weighted by Crippen LogP contribution is -2.30. The van der Waals surface area contributed by atoms with Gasteiger partial charge in [0.25, 0.3) is 5.91 Å². The minimum Gasteiger partial charge on any atom is -0.352 e. The Morgan fingerprint density at radius 2 is 1.61 bits per heavy atom. The van der Waals surface area contributed by atoms with Crippen LogP contribution in [0.1, 0.15) is 32.6 Å². The highest BCUT2D eigenvalue weighted by molar-refractivity contribution is 6.06. The van der Waals surface area contributed by atoms with E-state index >= 15 is 0 Å². The number of hydrogen-bond acceptors (Lipinski definition) is 2. The van der Waals surface area contributed by atoms with Crippen molar-refractivity contribution in [2.45, 2.75) is 26.8 Å². The number of nitrogens with one attached hydrogen (secondary N) is 1. The minimum atomic E-state index is -0.0574. The van der Waals surface area contributed by atoms with Gasteiger partial charge in [0.2, 0.25) is 5.91 Å². The van der Waals surface area contributed by atoms with E-state index in [0.29, 0.717) is 18.7 Å². The van der Waals surface area contributed by atoms with E-state index in [1.807, 2.05) is 80.6 Å². The molecule has 4 heteroatoms. The van der Waals surface area contributed by atoms with E-state index < -0.39 is 0 Å². The predicted molar refractivity (Wildman–Crippen MR) is 126 cm³/mol. The van der Waals surface area contributed by atoms with Gasteiger partial charge in [0.1, 0.15) is 0 Å².